The van der Waals surface area contributed by atoms with Gasteiger partial charge in [-0.1, -0.05) is 17.3 Å². The van der Waals surface area contributed by atoms with E-state index in [1.807, 2.05) is 0 Å². The lowest BCUT2D eigenvalue weighted by atomic mass is 10.2. The lowest BCUT2D eigenvalue weighted by molar-refractivity contribution is 0.112. The van der Waals surface area contributed by atoms with Crippen LogP contribution in [0.5, 0.6) is 5.75 Å². The van der Waals surface area contributed by atoms with Crippen molar-refractivity contribution < 1.29 is 14.1 Å². The molecule has 0 aliphatic carbocycles. The molecule has 2 rings (SSSR count). The Labute approximate surface area is 86.5 Å². The van der Waals surface area contributed by atoms with Gasteiger partial charge in [0, 0.05) is 11.6 Å². The van der Waals surface area contributed by atoms with Crippen molar-refractivity contribution in [2.45, 2.75) is 6.61 Å². The van der Waals surface area contributed by atoms with Crippen LogP contribution in [0, 0.1) is 0 Å². The number of rotatable bonds is 4. The first-order valence-electron chi connectivity index (χ1n) is 4.46. The summed E-state index contributed by atoms with van der Waals surface area (Å²) in [6, 6.07) is 8.66. The number of aldehydes is 1. The summed E-state index contributed by atoms with van der Waals surface area (Å²) in [7, 11) is 0. The summed E-state index contributed by atoms with van der Waals surface area (Å²) in [5, 5.41) is 3.56. The number of carbonyl (C=O) groups is 1. The standard InChI is InChI=1S/C11H9NO3/c13-7-9-2-1-3-10(6-9)14-8-11-4-5-12-15-11/h1-7H,8H2. The summed E-state index contributed by atoms with van der Waals surface area (Å²) in [5.74, 6) is 1.28. The van der Waals surface area contributed by atoms with Gasteiger partial charge in [0.1, 0.15) is 18.6 Å². The summed E-state index contributed by atoms with van der Waals surface area (Å²) >= 11 is 0. The molecule has 1 aromatic heterocycles. The van der Waals surface area contributed by atoms with Crippen molar-refractivity contribution in [1.82, 2.24) is 5.16 Å². The molecule has 4 nitrogen and oxygen atoms in total. The molecule has 76 valence electrons. The predicted octanol–water partition coefficient (Wildman–Crippen LogP) is 2.07. The van der Waals surface area contributed by atoms with E-state index in [9.17, 15) is 4.79 Å². The molecule has 0 fully saturated rings. The molecule has 0 aliphatic rings. The highest BCUT2D eigenvalue weighted by Gasteiger charge is 1.99. The minimum atomic E-state index is 0.308. The summed E-state index contributed by atoms with van der Waals surface area (Å²) in [6.07, 6.45) is 2.34. The summed E-state index contributed by atoms with van der Waals surface area (Å²) < 4.78 is 10.3. The largest absolute Gasteiger partial charge is 0.486 e. The van der Waals surface area contributed by atoms with Gasteiger partial charge in [0.15, 0.2) is 5.76 Å². The molecular weight excluding hydrogens is 194 g/mol. The van der Waals surface area contributed by atoms with E-state index in [2.05, 4.69) is 5.16 Å². The third-order valence-corrected chi connectivity index (χ3v) is 1.87. The zero-order valence-corrected chi connectivity index (χ0v) is 7.92. The van der Waals surface area contributed by atoms with Gasteiger partial charge in [0.2, 0.25) is 0 Å². The van der Waals surface area contributed by atoms with Gasteiger partial charge in [-0.3, -0.25) is 4.79 Å². The van der Waals surface area contributed by atoms with E-state index in [0.29, 0.717) is 23.7 Å². The molecular formula is C11H9NO3. The third kappa shape index (κ3) is 2.43. The topological polar surface area (TPSA) is 52.3 Å². The van der Waals surface area contributed by atoms with Crippen LogP contribution in [-0.4, -0.2) is 11.4 Å². The lowest BCUT2D eigenvalue weighted by Crippen LogP contribution is -1.94. The molecule has 4 heteroatoms. The number of aromatic nitrogens is 1. The smallest absolute Gasteiger partial charge is 0.174 e. The van der Waals surface area contributed by atoms with Gasteiger partial charge in [-0.15, -0.1) is 0 Å². The molecule has 1 heterocycles. The molecule has 0 atom stereocenters. The van der Waals surface area contributed by atoms with Crippen molar-refractivity contribution >= 4 is 6.29 Å². The Morgan fingerprint density at radius 1 is 1.40 bits per heavy atom. The quantitative estimate of drug-likeness (QED) is 0.714. The number of benzene rings is 1. The molecule has 0 bridgehead atoms. The van der Waals surface area contributed by atoms with Crippen LogP contribution in [0.15, 0.2) is 41.1 Å². The number of hydrogen-bond donors (Lipinski definition) is 0. The highest BCUT2D eigenvalue weighted by molar-refractivity contribution is 5.75. The summed E-state index contributed by atoms with van der Waals surface area (Å²) in [6.45, 7) is 0.308. The first-order valence-corrected chi connectivity index (χ1v) is 4.46. The Balaban J connectivity index is 2.01. The third-order valence-electron chi connectivity index (χ3n) is 1.87. The van der Waals surface area contributed by atoms with E-state index in [0.717, 1.165) is 6.29 Å². The van der Waals surface area contributed by atoms with Crippen LogP contribution < -0.4 is 4.74 Å². The van der Waals surface area contributed by atoms with Crippen LogP contribution in [0.1, 0.15) is 16.1 Å². The molecule has 0 saturated carbocycles. The lowest BCUT2D eigenvalue weighted by Gasteiger charge is -2.03. The molecule has 2 aromatic rings. The van der Waals surface area contributed by atoms with Crippen molar-refractivity contribution in [3.05, 3.63) is 47.9 Å². The van der Waals surface area contributed by atoms with Gasteiger partial charge >= 0.3 is 0 Å². The predicted molar refractivity (Wildman–Crippen MR) is 52.7 cm³/mol. The molecule has 0 amide bonds. The van der Waals surface area contributed by atoms with Crippen molar-refractivity contribution in [3.63, 3.8) is 0 Å². The van der Waals surface area contributed by atoms with Gasteiger partial charge in [-0.2, -0.15) is 0 Å². The van der Waals surface area contributed by atoms with Crippen molar-refractivity contribution in [2.75, 3.05) is 0 Å². The Hall–Kier alpha value is -2.10. The zero-order chi connectivity index (χ0) is 10.5. The Morgan fingerprint density at radius 2 is 2.33 bits per heavy atom. The monoisotopic (exact) mass is 203 g/mol. The van der Waals surface area contributed by atoms with Crippen molar-refractivity contribution in [3.8, 4) is 5.75 Å². The SMILES string of the molecule is O=Cc1cccc(OCc2ccno2)c1. The first-order chi connectivity index (χ1) is 7.38. The van der Waals surface area contributed by atoms with Crippen LogP contribution in [0.2, 0.25) is 0 Å². The van der Waals surface area contributed by atoms with Gasteiger partial charge in [0.05, 0.1) is 6.20 Å². The maximum Gasteiger partial charge on any atom is 0.174 e. The van der Waals surface area contributed by atoms with E-state index in [4.69, 9.17) is 9.26 Å². The molecule has 0 spiro atoms. The van der Waals surface area contributed by atoms with Gasteiger partial charge in [-0.25, -0.2) is 0 Å². The summed E-state index contributed by atoms with van der Waals surface area (Å²) in [4.78, 5) is 10.5. The fourth-order valence-electron chi connectivity index (χ4n) is 1.15. The molecule has 1 aromatic carbocycles. The van der Waals surface area contributed by atoms with Crippen LogP contribution in [-0.2, 0) is 6.61 Å². The van der Waals surface area contributed by atoms with Crippen LogP contribution in [0.25, 0.3) is 0 Å². The molecule has 0 N–H and O–H groups in total. The average molecular weight is 203 g/mol. The van der Waals surface area contributed by atoms with Gasteiger partial charge < -0.3 is 9.26 Å². The fraction of sp³-hybridized carbons (Fsp3) is 0.0909. The number of carbonyl (C=O) groups excluding carboxylic acids is 1. The Kier molecular flexibility index (Phi) is 2.78. The van der Waals surface area contributed by atoms with Crippen LogP contribution in [0.3, 0.4) is 0 Å². The minimum absolute atomic E-state index is 0.308. The highest BCUT2D eigenvalue weighted by atomic mass is 16.5. The Morgan fingerprint density at radius 3 is 3.07 bits per heavy atom. The van der Waals surface area contributed by atoms with E-state index in [1.54, 1.807) is 36.5 Å². The van der Waals surface area contributed by atoms with E-state index < -0.39 is 0 Å². The second kappa shape index (κ2) is 4.41. The molecule has 0 aliphatic heterocycles. The normalized spacial score (nSPS) is 9.87. The zero-order valence-electron chi connectivity index (χ0n) is 7.92. The second-order valence-corrected chi connectivity index (χ2v) is 2.96. The molecule has 0 radical (unpaired) electrons. The maximum absolute atomic E-state index is 10.5. The maximum atomic E-state index is 10.5. The Bertz CT molecular complexity index is 437. The van der Waals surface area contributed by atoms with Crippen molar-refractivity contribution in [2.24, 2.45) is 0 Å². The second-order valence-electron chi connectivity index (χ2n) is 2.96. The van der Waals surface area contributed by atoms with Gasteiger partial charge in [0.25, 0.3) is 0 Å². The molecule has 0 saturated heterocycles. The number of nitrogens with zero attached hydrogens (tertiary/aromatic N) is 1. The minimum Gasteiger partial charge on any atom is -0.486 e. The van der Waals surface area contributed by atoms with Crippen LogP contribution >= 0.6 is 0 Å². The van der Waals surface area contributed by atoms with E-state index in [1.165, 1.54) is 0 Å². The van der Waals surface area contributed by atoms with E-state index in [-0.39, 0.29) is 0 Å². The fourth-order valence-corrected chi connectivity index (χ4v) is 1.15. The van der Waals surface area contributed by atoms with Gasteiger partial charge in [-0.05, 0) is 12.1 Å². The average Bonchev–Trinajstić information content (AvgIpc) is 2.79. The van der Waals surface area contributed by atoms with Crippen molar-refractivity contribution in [1.29, 1.82) is 0 Å². The number of ether oxygens (including phenoxy) is 1. The van der Waals surface area contributed by atoms with Crippen LogP contribution in [0.4, 0.5) is 0 Å². The number of hydrogen-bond acceptors (Lipinski definition) is 4. The first kappa shape index (κ1) is 9.45. The summed E-state index contributed by atoms with van der Waals surface area (Å²) in [5.41, 5.74) is 0.588. The molecule has 15 heavy (non-hydrogen) atoms. The van der Waals surface area contributed by atoms with E-state index >= 15 is 0 Å². The molecule has 0 unspecified atom stereocenters. The highest BCUT2D eigenvalue weighted by Crippen LogP contribution is 2.13.